The van der Waals surface area contributed by atoms with Crippen molar-refractivity contribution in [2.24, 2.45) is 0 Å². The Balaban J connectivity index is 1.51. The maximum Gasteiger partial charge on any atom is 0.234 e. The second-order valence-electron chi connectivity index (χ2n) is 7.23. The molecule has 33 heavy (non-hydrogen) atoms. The predicted molar refractivity (Wildman–Crippen MR) is 131 cm³/mol. The fraction of sp³-hybridized carbons (Fsp3) is 0.120. The third-order valence-corrected chi connectivity index (χ3v) is 6.16. The number of amides is 1. The van der Waals surface area contributed by atoms with E-state index < -0.39 is 0 Å². The van der Waals surface area contributed by atoms with Crippen LogP contribution in [0.25, 0.3) is 11.4 Å². The molecule has 1 heterocycles. The van der Waals surface area contributed by atoms with Crippen molar-refractivity contribution in [2.45, 2.75) is 18.1 Å². The molecule has 0 radical (unpaired) electrons. The van der Waals surface area contributed by atoms with Gasteiger partial charge in [-0.05, 0) is 35.4 Å². The molecule has 0 fully saturated rings. The number of nitrogens with zero attached hydrogens (tertiary/aromatic N) is 4. The highest BCUT2D eigenvalue weighted by atomic mass is 35.5. The summed E-state index contributed by atoms with van der Waals surface area (Å²) in [4.78, 5) is 12.5. The molecule has 8 heteroatoms. The van der Waals surface area contributed by atoms with Crippen LogP contribution < -0.4 is 5.32 Å². The first-order valence-electron chi connectivity index (χ1n) is 10.2. The number of aromatic nitrogens is 3. The molecule has 3 aromatic carbocycles. The van der Waals surface area contributed by atoms with Gasteiger partial charge in [-0.2, -0.15) is 5.26 Å². The summed E-state index contributed by atoms with van der Waals surface area (Å²) in [6.45, 7) is 0.554. The number of nitrogens with one attached hydrogen (secondary N) is 1. The summed E-state index contributed by atoms with van der Waals surface area (Å²) in [5.74, 6) is 0.678. The summed E-state index contributed by atoms with van der Waals surface area (Å²) in [5.41, 5.74) is 3.47. The van der Waals surface area contributed by atoms with E-state index in [0.717, 1.165) is 16.7 Å². The first-order chi connectivity index (χ1) is 16.1. The average molecular weight is 474 g/mol. The lowest BCUT2D eigenvalue weighted by Crippen LogP contribution is -2.15. The first-order valence-corrected chi connectivity index (χ1v) is 11.6. The normalized spacial score (nSPS) is 10.5. The molecule has 0 aliphatic carbocycles. The van der Waals surface area contributed by atoms with Crippen molar-refractivity contribution in [2.75, 3.05) is 11.1 Å². The standard InChI is InChI=1S/C25H20ClN5OS/c26-22-9-5-4-8-21(22)24-29-30-25(31(24)16-19-6-2-1-3-7-19)33-17-23(32)28-20-12-10-18(11-13-20)14-15-27/h1-13H,14,16-17H2,(H,28,32). The van der Waals surface area contributed by atoms with Crippen LogP contribution in [-0.4, -0.2) is 26.4 Å². The van der Waals surface area contributed by atoms with E-state index in [4.69, 9.17) is 16.9 Å². The molecule has 0 atom stereocenters. The lowest BCUT2D eigenvalue weighted by Gasteiger charge is -2.11. The zero-order chi connectivity index (χ0) is 23.0. The highest BCUT2D eigenvalue weighted by Gasteiger charge is 2.18. The van der Waals surface area contributed by atoms with Crippen molar-refractivity contribution in [1.29, 1.82) is 5.26 Å². The number of carbonyl (C=O) groups excluding carboxylic acids is 1. The molecule has 0 spiro atoms. The molecule has 0 aliphatic rings. The molecule has 1 amide bonds. The van der Waals surface area contributed by atoms with Crippen LogP contribution in [0.1, 0.15) is 11.1 Å². The minimum Gasteiger partial charge on any atom is -0.325 e. The van der Waals surface area contributed by atoms with E-state index in [1.165, 1.54) is 11.8 Å². The predicted octanol–water partition coefficient (Wildman–Crippen LogP) is 5.44. The van der Waals surface area contributed by atoms with E-state index in [0.29, 0.717) is 34.7 Å². The van der Waals surface area contributed by atoms with E-state index in [1.54, 1.807) is 12.1 Å². The van der Waals surface area contributed by atoms with E-state index >= 15 is 0 Å². The monoisotopic (exact) mass is 473 g/mol. The Morgan fingerprint density at radius 3 is 2.42 bits per heavy atom. The minimum absolute atomic E-state index is 0.151. The van der Waals surface area contributed by atoms with Crippen molar-refractivity contribution in [3.8, 4) is 17.5 Å². The second-order valence-corrected chi connectivity index (χ2v) is 8.58. The van der Waals surface area contributed by atoms with Crippen molar-refractivity contribution in [1.82, 2.24) is 14.8 Å². The average Bonchev–Trinajstić information content (AvgIpc) is 3.22. The highest BCUT2D eigenvalue weighted by molar-refractivity contribution is 7.99. The van der Waals surface area contributed by atoms with Crippen LogP contribution in [0.4, 0.5) is 5.69 Å². The van der Waals surface area contributed by atoms with Gasteiger partial charge in [-0.1, -0.05) is 78.0 Å². The molecule has 164 valence electrons. The Hall–Kier alpha value is -3.60. The van der Waals surface area contributed by atoms with Gasteiger partial charge in [-0.3, -0.25) is 9.36 Å². The molecule has 0 unspecified atom stereocenters. The second kappa shape index (κ2) is 10.8. The van der Waals surface area contributed by atoms with Crippen LogP contribution in [0.3, 0.4) is 0 Å². The van der Waals surface area contributed by atoms with Crippen molar-refractivity contribution in [3.05, 3.63) is 95.0 Å². The highest BCUT2D eigenvalue weighted by Crippen LogP contribution is 2.30. The van der Waals surface area contributed by atoms with E-state index in [2.05, 4.69) is 21.6 Å². The quantitative estimate of drug-likeness (QED) is 0.344. The van der Waals surface area contributed by atoms with Crippen LogP contribution in [-0.2, 0) is 17.8 Å². The van der Waals surface area contributed by atoms with Crippen LogP contribution in [0.2, 0.25) is 5.02 Å². The summed E-state index contributed by atoms with van der Waals surface area (Å²) in [6, 6.07) is 26.9. The van der Waals surface area contributed by atoms with Gasteiger partial charge in [0.1, 0.15) is 0 Å². The number of benzene rings is 3. The summed E-state index contributed by atoms with van der Waals surface area (Å²) in [7, 11) is 0. The molecular formula is C25H20ClN5OS. The van der Waals surface area contributed by atoms with Gasteiger partial charge in [0.15, 0.2) is 11.0 Å². The lowest BCUT2D eigenvalue weighted by atomic mass is 10.1. The third-order valence-electron chi connectivity index (χ3n) is 4.87. The number of hydrogen-bond acceptors (Lipinski definition) is 5. The molecule has 4 aromatic rings. The maximum absolute atomic E-state index is 12.5. The molecular weight excluding hydrogens is 454 g/mol. The zero-order valence-electron chi connectivity index (χ0n) is 17.6. The molecule has 1 aromatic heterocycles. The van der Waals surface area contributed by atoms with Gasteiger partial charge in [-0.25, -0.2) is 0 Å². The number of nitriles is 1. The number of anilines is 1. The number of rotatable bonds is 8. The van der Waals surface area contributed by atoms with E-state index in [9.17, 15) is 4.79 Å². The van der Waals surface area contributed by atoms with Gasteiger partial charge in [0, 0.05) is 11.3 Å². The van der Waals surface area contributed by atoms with Gasteiger partial charge in [-0.15, -0.1) is 10.2 Å². The van der Waals surface area contributed by atoms with Crippen molar-refractivity contribution in [3.63, 3.8) is 0 Å². The van der Waals surface area contributed by atoms with Gasteiger partial charge < -0.3 is 5.32 Å². The topological polar surface area (TPSA) is 83.6 Å². The maximum atomic E-state index is 12.5. The largest absolute Gasteiger partial charge is 0.325 e. The first kappa shape index (κ1) is 22.6. The molecule has 0 saturated heterocycles. The van der Waals surface area contributed by atoms with Crippen LogP contribution in [0.15, 0.2) is 84.0 Å². The minimum atomic E-state index is -0.151. The Morgan fingerprint density at radius 2 is 1.70 bits per heavy atom. The van der Waals surface area contributed by atoms with Crippen molar-refractivity contribution >= 4 is 35.0 Å². The van der Waals surface area contributed by atoms with Crippen LogP contribution >= 0.6 is 23.4 Å². The summed E-state index contributed by atoms with van der Waals surface area (Å²) in [6.07, 6.45) is 0.342. The third kappa shape index (κ3) is 5.80. The molecule has 6 nitrogen and oxygen atoms in total. The summed E-state index contributed by atoms with van der Waals surface area (Å²) < 4.78 is 1.98. The Morgan fingerprint density at radius 1 is 0.970 bits per heavy atom. The van der Waals surface area contributed by atoms with Gasteiger partial charge >= 0.3 is 0 Å². The smallest absolute Gasteiger partial charge is 0.234 e. The Kier molecular flexibility index (Phi) is 7.40. The van der Waals surface area contributed by atoms with Gasteiger partial charge in [0.05, 0.1) is 29.8 Å². The SMILES string of the molecule is N#CCc1ccc(NC(=O)CSc2nnc(-c3ccccc3Cl)n2Cc2ccccc2)cc1. The summed E-state index contributed by atoms with van der Waals surface area (Å²) >= 11 is 7.74. The lowest BCUT2D eigenvalue weighted by molar-refractivity contribution is -0.113. The summed E-state index contributed by atoms with van der Waals surface area (Å²) in [5, 5.41) is 21.6. The molecule has 0 saturated carbocycles. The molecule has 0 bridgehead atoms. The number of thioether (sulfide) groups is 1. The molecule has 4 rings (SSSR count). The molecule has 1 N–H and O–H groups in total. The number of halogens is 1. The van der Waals surface area contributed by atoms with Crippen LogP contribution in [0, 0.1) is 11.3 Å². The van der Waals surface area contributed by atoms with Crippen molar-refractivity contribution < 1.29 is 4.79 Å². The Labute approximate surface area is 201 Å². The van der Waals surface area contributed by atoms with E-state index in [-0.39, 0.29) is 11.7 Å². The fourth-order valence-electron chi connectivity index (χ4n) is 3.27. The van der Waals surface area contributed by atoms with E-state index in [1.807, 2.05) is 71.3 Å². The fourth-order valence-corrected chi connectivity index (χ4v) is 4.23. The Bertz CT molecular complexity index is 1280. The van der Waals surface area contributed by atoms with Gasteiger partial charge in [0.25, 0.3) is 0 Å². The number of hydrogen-bond donors (Lipinski definition) is 1. The number of carbonyl (C=O) groups is 1. The molecule has 0 aliphatic heterocycles. The van der Waals surface area contributed by atoms with Gasteiger partial charge in [0.2, 0.25) is 5.91 Å². The zero-order valence-corrected chi connectivity index (χ0v) is 19.2. The van der Waals surface area contributed by atoms with Crippen LogP contribution in [0.5, 0.6) is 0 Å².